The van der Waals surface area contributed by atoms with Crippen molar-refractivity contribution in [2.45, 2.75) is 103 Å². The Morgan fingerprint density at radius 1 is 1.12 bits per heavy atom. The Morgan fingerprint density at radius 2 is 2.00 bits per heavy atom. The summed E-state index contributed by atoms with van der Waals surface area (Å²) < 4.78 is 7.06. The molecule has 180 valence electrons. The van der Waals surface area contributed by atoms with Gasteiger partial charge in [0.2, 0.25) is 0 Å². The molecule has 4 aliphatic carbocycles. The molecule has 6 aliphatic rings. The average Bonchev–Trinajstić information content (AvgIpc) is 3.43. The number of allylic oxidation sites excluding steroid dienone is 1. The van der Waals surface area contributed by atoms with Gasteiger partial charge in [-0.15, -0.1) is 0 Å². The minimum atomic E-state index is 0.0704. The zero-order valence-electron chi connectivity index (χ0n) is 21.1. The molecule has 2 saturated heterocycles. The molecule has 1 aromatic heterocycles. The van der Waals surface area contributed by atoms with Gasteiger partial charge in [-0.3, -0.25) is 5.10 Å². The summed E-state index contributed by atoms with van der Waals surface area (Å²) in [6.07, 6.45) is 14.3. The summed E-state index contributed by atoms with van der Waals surface area (Å²) in [5.41, 5.74) is 6.93. The van der Waals surface area contributed by atoms with Gasteiger partial charge in [-0.2, -0.15) is 5.10 Å². The van der Waals surface area contributed by atoms with Crippen LogP contribution in [0.4, 0.5) is 0 Å². The predicted molar refractivity (Wildman–Crippen MR) is 131 cm³/mol. The van der Waals surface area contributed by atoms with Gasteiger partial charge in [0, 0.05) is 18.2 Å². The molecule has 4 heteroatoms. The smallest absolute Gasteiger partial charge is 0.0765 e. The number of piperidine rings is 1. The van der Waals surface area contributed by atoms with Crippen LogP contribution in [0.15, 0.2) is 17.3 Å². The lowest BCUT2D eigenvalue weighted by Gasteiger charge is -2.52. The number of fused-ring (bicyclic) bond motifs is 7. The second-order valence-corrected chi connectivity index (χ2v) is 13.4. The molecule has 7 rings (SSSR count). The monoisotopic (exact) mass is 449 g/mol. The summed E-state index contributed by atoms with van der Waals surface area (Å²) >= 11 is 0. The number of hydrogen-bond donors (Lipinski definition) is 2. The standard InChI is InChI=1S/C29H43N3O/c1-16-9-26-27(30-14-16)18(3)29(33-26)8-7-21-22-6-5-20-10-25-19(15-31-32-25)13-28(20,4)24(22)11-23(21)17(2)12-29/h15-16,18,20-22,24,26-27,30H,5-14H2,1-4H3,(H,31,32)/t16-,18+,20+,21-,22-,24-,26+,27?,28-,29-/m0/s1. The Bertz CT molecular complexity index is 981. The summed E-state index contributed by atoms with van der Waals surface area (Å²) in [4.78, 5) is 0. The zero-order valence-corrected chi connectivity index (χ0v) is 21.1. The van der Waals surface area contributed by atoms with E-state index >= 15 is 0 Å². The first-order chi connectivity index (χ1) is 15.9. The summed E-state index contributed by atoms with van der Waals surface area (Å²) in [6.45, 7) is 11.2. The van der Waals surface area contributed by atoms with Crippen molar-refractivity contribution in [3.8, 4) is 0 Å². The summed E-state index contributed by atoms with van der Waals surface area (Å²) in [5, 5.41) is 11.6. The maximum absolute atomic E-state index is 7.06. The van der Waals surface area contributed by atoms with E-state index in [4.69, 9.17) is 4.74 Å². The van der Waals surface area contributed by atoms with Gasteiger partial charge < -0.3 is 10.1 Å². The lowest BCUT2D eigenvalue weighted by molar-refractivity contribution is -0.0733. The Labute approximate surface area is 199 Å². The van der Waals surface area contributed by atoms with Crippen LogP contribution in [0.5, 0.6) is 0 Å². The second-order valence-electron chi connectivity index (χ2n) is 13.4. The molecule has 10 atom stereocenters. The average molecular weight is 450 g/mol. The van der Waals surface area contributed by atoms with E-state index < -0.39 is 0 Å². The van der Waals surface area contributed by atoms with Gasteiger partial charge >= 0.3 is 0 Å². The van der Waals surface area contributed by atoms with Crippen LogP contribution in [0.3, 0.4) is 0 Å². The molecule has 0 amide bonds. The van der Waals surface area contributed by atoms with E-state index in [1.807, 2.05) is 5.57 Å². The summed E-state index contributed by atoms with van der Waals surface area (Å²) in [7, 11) is 0. The highest BCUT2D eigenvalue weighted by atomic mass is 16.5. The Morgan fingerprint density at radius 3 is 2.88 bits per heavy atom. The van der Waals surface area contributed by atoms with Crippen molar-refractivity contribution in [3.05, 3.63) is 28.6 Å². The maximum atomic E-state index is 7.06. The van der Waals surface area contributed by atoms with Crippen molar-refractivity contribution in [3.63, 3.8) is 0 Å². The minimum Gasteiger partial charge on any atom is -0.369 e. The number of ether oxygens (including phenoxy) is 1. The van der Waals surface area contributed by atoms with E-state index in [0.29, 0.717) is 23.5 Å². The van der Waals surface area contributed by atoms with Gasteiger partial charge in [-0.05, 0) is 112 Å². The molecule has 1 spiro atoms. The van der Waals surface area contributed by atoms with Gasteiger partial charge in [0.1, 0.15) is 0 Å². The normalized spacial score (nSPS) is 50.9. The van der Waals surface area contributed by atoms with E-state index in [2.05, 4.69) is 49.4 Å². The van der Waals surface area contributed by atoms with Gasteiger partial charge in [-0.1, -0.05) is 31.9 Å². The fraction of sp³-hybridized carbons (Fsp3) is 0.828. The first-order valence-electron chi connectivity index (χ1n) is 14.0. The third-order valence-electron chi connectivity index (χ3n) is 11.9. The fourth-order valence-electron chi connectivity index (χ4n) is 10.0. The number of rotatable bonds is 0. The molecule has 4 fully saturated rings. The third-order valence-corrected chi connectivity index (χ3v) is 11.9. The van der Waals surface area contributed by atoms with E-state index in [-0.39, 0.29) is 5.60 Å². The third kappa shape index (κ3) is 2.92. The largest absolute Gasteiger partial charge is 0.369 e. The van der Waals surface area contributed by atoms with Gasteiger partial charge in [0.15, 0.2) is 0 Å². The topological polar surface area (TPSA) is 49.9 Å². The van der Waals surface area contributed by atoms with Crippen molar-refractivity contribution in [2.75, 3.05) is 6.54 Å². The highest BCUT2D eigenvalue weighted by Gasteiger charge is 2.59. The predicted octanol–water partition coefficient (Wildman–Crippen LogP) is 5.45. The van der Waals surface area contributed by atoms with Crippen molar-refractivity contribution < 1.29 is 4.74 Å². The summed E-state index contributed by atoms with van der Waals surface area (Å²) in [5.74, 6) is 4.72. The van der Waals surface area contributed by atoms with Crippen LogP contribution >= 0.6 is 0 Å². The highest BCUT2D eigenvalue weighted by Crippen LogP contribution is 2.64. The molecular formula is C29H43N3O. The highest BCUT2D eigenvalue weighted by molar-refractivity contribution is 5.32. The van der Waals surface area contributed by atoms with Crippen LogP contribution in [-0.2, 0) is 17.6 Å². The number of nitrogens with zero attached hydrogens (tertiary/aromatic N) is 1. The van der Waals surface area contributed by atoms with Crippen molar-refractivity contribution in [2.24, 2.45) is 40.9 Å². The van der Waals surface area contributed by atoms with Crippen molar-refractivity contribution >= 4 is 0 Å². The molecule has 33 heavy (non-hydrogen) atoms. The van der Waals surface area contributed by atoms with E-state index in [1.165, 1.54) is 69.0 Å². The lowest BCUT2D eigenvalue weighted by Crippen LogP contribution is -2.48. The van der Waals surface area contributed by atoms with Crippen LogP contribution in [0.2, 0.25) is 0 Å². The van der Waals surface area contributed by atoms with Crippen LogP contribution in [0, 0.1) is 40.9 Å². The number of aromatic nitrogens is 2. The van der Waals surface area contributed by atoms with Crippen molar-refractivity contribution in [1.29, 1.82) is 0 Å². The van der Waals surface area contributed by atoms with Crippen LogP contribution in [-0.4, -0.2) is 34.5 Å². The molecule has 4 nitrogen and oxygen atoms in total. The molecule has 3 heterocycles. The molecule has 0 bridgehead atoms. The molecular weight excluding hydrogens is 406 g/mol. The van der Waals surface area contributed by atoms with Gasteiger partial charge in [0.05, 0.1) is 17.4 Å². The molecule has 2 aliphatic heterocycles. The molecule has 1 aromatic rings. The quantitative estimate of drug-likeness (QED) is 0.518. The molecule has 0 radical (unpaired) electrons. The Hall–Kier alpha value is -1.13. The van der Waals surface area contributed by atoms with Crippen LogP contribution < -0.4 is 5.32 Å². The molecule has 0 aromatic carbocycles. The van der Waals surface area contributed by atoms with E-state index in [1.54, 1.807) is 5.57 Å². The number of hydrogen-bond acceptors (Lipinski definition) is 3. The van der Waals surface area contributed by atoms with Gasteiger partial charge in [0.25, 0.3) is 0 Å². The van der Waals surface area contributed by atoms with E-state index in [0.717, 1.165) is 36.1 Å². The molecule has 1 unspecified atom stereocenters. The Kier molecular flexibility index (Phi) is 4.62. The maximum Gasteiger partial charge on any atom is 0.0765 e. The number of nitrogens with one attached hydrogen (secondary N) is 2. The lowest BCUT2D eigenvalue weighted by atomic mass is 9.52. The zero-order chi connectivity index (χ0) is 22.5. The number of aromatic amines is 1. The Balaban J connectivity index is 1.19. The second kappa shape index (κ2) is 7.20. The summed E-state index contributed by atoms with van der Waals surface area (Å²) in [6, 6.07) is 0.561. The van der Waals surface area contributed by atoms with Crippen LogP contribution in [0.25, 0.3) is 0 Å². The first-order valence-corrected chi connectivity index (χ1v) is 14.0. The number of H-pyrrole nitrogens is 1. The molecule has 2 saturated carbocycles. The minimum absolute atomic E-state index is 0.0704. The fourth-order valence-corrected chi connectivity index (χ4v) is 10.0. The van der Waals surface area contributed by atoms with Gasteiger partial charge in [-0.25, -0.2) is 0 Å². The SMILES string of the molecule is CC1=C2C[C@H]3[C@@H](CC[C@@H]4Cc5n[nH]cc5C[C@@]43C)[C@@H]2CC[C@@]2(C1)O[C@@H]1C[C@H](C)CNC1[C@H]2C. The molecule has 2 N–H and O–H groups in total. The van der Waals surface area contributed by atoms with Crippen molar-refractivity contribution in [1.82, 2.24) is 15.5 Å². The first kappa shape index (κ1) is 21.2. The van der Waals surface area contributed by atoms with E-state index in [9.17, 15) is 0 Å². The van der Waals surface area contributed by atoms with Crippen LogP contribution in [0.1, 0.15) is 83.9 Å².